The number of carbonyl (C=O) groups is 2. The van der Waals surface area contributed by atoms with Crippen molar-refractivity contribution in [1.29, 1.82) is 0 Å². The zero-order valence-electron chi connectivity index (χ0n) is 13.1. The summed E-state index contributed by atoms with van der Waals surface area (Å²) in [4.78, 5) is 27.4. The second-order valence-electron chi connectivity index (χ2n) is 5.40. The summed E-state index contributed by atoms with van der Waals surface area (Å²) < 4.78 is 5.28. The van der Waals surface area contributed by atoms with Crippen molar-refractivity contribution in [2.75, 3.05) is 18.5 Å². The Bertz CT molecular complexity index is 539. The van der Waals surface area contributed by atoms with Gasteiger partial charge in [-0.3, -0.25) is 4.79 Å². The monoisotopic (exact) mass is 324 g/mol. The maximum atomic E-state index is 12.0. The number of halogens is 1. The molecule has 5 nitrogen and oxygen atoms in total. The van der Waals surface area contributed by atoms with Crippen LogP contribution < -0.4 is 5.32 Å². The van der Waals surface area contributed by atoms with Crippen LogP contribution in [0.4, 0.5) is 10.5 Å². The summed E-state index contributed by atoms with van der Waals surface area (Å²) in [6.45, 7) is 6.42. The van der Waals surface area contributed by atoms with Crippen molar-refractivity contribution in [3.05, 3.63) is 29.3 Å². The molecule has 1 rings (SSSR count). The Morgan fingerprint density at radius 1 is 1.32 bits per heavy atom. The van der Waals surface area contributed by atoms with Crippen LogP contribution in [0.25, 0.3) is 0 Å². The van der Waals surface area contributed by atoms with Crippen LogP contribution in [0, 0.1) is 5.41 Å². The number of benzene rings is 1. The van der Waals surface area contributed by atoms with Crippen molar-refractivity contribution in [2.45, 2.75) is 27.2 Å². The van der Waals surface area contributed by atoms with Gasteiger partial charge in [-0.05, 0) is 31.2 Å². The molecule has 1 N–H and O–H groups in total. The van der Waals surface area contributed by atoms with Gasteiger partial charge in [-0.2, -0.15) is 0 Å². The van der Waals surface area contributed by atoms with Gasteiger partial charge in [0.05, 0.1) is 6.61 Å². The van der Waals surface area contributed by atoms with E-state index in [0.717, 1.165) is 0 Å². The van der Waals surface area contributed by atoms with Gasteiger partial charge >= 0.3 is 6.03 Å². The lowest BCUT2D eigenvalue weighted by molar-refractivity contribution is -0.128. The van der Waals surface area contributed by atoms with Crippen LogP contribution in [-0.4, -0.2) is 31.2 Å². The molecule has 0 bridgehead atoms. The molecule has 0 atom stereocenters. The SMILES string of the molecule is CCOCC(C)(C)C(=O)CC=NC(=O)Nc1ccc(Cl)cc1. The third-order valence-corrected chi connectivity index (χ3v) is 3.25. The average Bonchev–Trinajstić information content (AvgIpc) is 2.47. The molecular formula is C16H21ClN2O3. The topological polar surface area (TPSA) is 67.8 Å². The molecule has 1 aromatic rings. The van der Waals surface area contributed by atoms with E-state index in [1.165, 1.54) is 6.21 Å². The maximum Gasteiger partial charge on any atom is 0.345 e. The molecule has 6 heteroatoms. The number of ether oxygens (including phenoxy) is 1. The van der Waals surface area contributed by atoms with Crippen molar-refractivity contribution in [2.24, 2.45) is 10.4 Å². The number of nitrogens with zero attached hydrogens (tertiary/aromatic N) is 1. The number of urea groups is 1. The highest BCUT2D eigenvalue weighted by atomic mass is 35.5. The smallest absolute Gasteiger partial charge is 0.345 e. The number of hydrogen-bond acceptors (Lipinski definition) is 3. The first-order chi connectivity index (χ1) is 10.3. The lowest BCUT2D eigenvalue weighted by Crippen LogP contribution is -2.30. The predicted molar refractivity (Wildman–Crippen MR) is 88.9 cm³/mol. The fourth-order valence-corrected chi connectivity index (χ4v) is 1.74. The molecule has 1 aromatic carbocycles. The Labute approximate surface area is 135 Å². The van der Waals surface area contributed by atoms with Gasteiger partial charge in [0.1, 0.15) is 5.78 Å². The van der Waals surface area contributed by atoms with Crippen LogP contribution in [0.15, 0.2) is 29.3 Å². The Hall–Kier alpha value is -1.72. The van der Waals surface area contributed by atoms with Crippen LogP contribution in [0.1, 0.15) is 27.2 Å². The van der Waals surface area contributed by atoms with Gasteiger partial charge < -0.3 is 10.1 Å². The Balaban J connectivity index is 2.46. The van der Waals surface area contributed by atoms with Crippen LogP contribution in [0.3, 0.4) is 0 Å². The van der Waals surface area contributed by atoms with Crippen molar-refractivity contribution >= 4 is 35.3 Å². The van der Waals surface area contributed by atoms with Gasteiger partial charge in [0.25, 0.3) is 0 Å². The number of rotatable bonds is 7. The van der Waals surface area contributed by atoms with Gasteiger partial charge in [0.2, 0.25) is 0 Å². The minimum atomic E-state index is -0.589. The van der Waals surface area contributed by atoms with E-state index in [0.29, 0.717) is 23.9 Å². The van der Waals surface area contributed by atoms with Gasteiger partial charge in [0.15, 0.2) is 0 Å². The number of nitrogens with one attached hydrogen (secondary N) is 1. The van der Waals surface area contributed by atoms with Crippen molar-refractivity contribution in [3.8, 4) is 0 Å². The number of amides is 2. The normalized spacial score (nSPS) is 11.6. The molecule has 2 amide bonds. The predicted octanol–water partition coefficient (Wildman–Crippen LogP) is 3.96. The zero-order valence-corrected chi connectivity index (χ0v) is 13.8. The number of ketones is 1. The number of Topliss-reactive ketones (excluding diaryl/α,β-unsaturated/α-hetero) is 1. The first kappa shape index (κ1) is 18.3. The Morgan fingerprint density at radius 2 is 1.95 bits per heavy atom. The summed E-state index contributed by atoms with van der Waals surface area (Å²) in [6.07, 6.45) is 1.41. The lowest BCUT2D eigenvalue weighted by atomic mass is 9.87. The van der Waals surface area contributed by atoms with Crippen LogP contribution in [-0.2, 0) is 9.53 Å². The van der Waals surface area contributed by atoms with Crippen molar-refractivity contribution < 1.29 is 14.3 Å². The summed E-state index contributed by atoms with van der Waals surface area (Å²) in [6, 6.07) is 6.15. The molecule has 0 heterocycles. The van der Waals surface area contributed by atoms with E-state index in [4.69, 9.17) is 16.3 Å². The minimum Gasteiger partial charge on any atom is -0.381 e. The largest absolute Gasteiger partial charge is 0.381 e. The summed E-state index contributed by atoms with van der Waals surface area (Å²) in [5.74, 6) is -0.0241. The second kappa shape index (κ2) is 8.66. The molecular weight excluding hydrogens is 304 g/mol. The Morgan fingerprint density at radius 3 is 2.55 bits per heavy atom. The molecule has 0 spiro atoms. The average molecular weight is 325 g/mol. The molecule has 0 aliphatic carbocycles. The van der Waals surface area contributed by atoms with Crippen LogP contribution in [0.2, 0.25) is 5.02 Å². The standard InChI is InChI=1S/C16H21ClN2O3/c1-4-22-11-16(2,3)14(20)9-10-18-15(21)19-13-7-5-12(17)6-8-13/h5-8,10H,4,9,11H2,1-3H3,(H,19,21). The fourth-order valence-electron chi connectivity index (χ4n) is 1.61. The van der Waals surface area contributed by atoms with Gasteiger partial charge in [-0.15, -0.1) is 0 Å². The third-order valence-electron chi connectivity index (χ3n) is 3.00. The Kier molecular flexibility index (Phi) is 7.21. The van der Waals surface area contributed by atoms with Gasteiger partial charge in [0, 0.05) is 35.4 Å². The first-order valence-electron chi connectivity index (χ1n) is 7.05. The summed E-state index contributed by atoms with van der Waals surface area (Å²) in [5, 5.41) is 3.17. The molecule has 120 valence electrons. The van der Waals surface area contributed by atoms with E-state index in [-0.39, 0.29) is 12.2 Å². The molecule has 0 aromatic heterocycles. The molecule has 0 unspecified atom stereocenters. The number of carbonyl (C=O) groups excluding carboxylic acids is 2. The first-order valence-corrected chi connectivity index (χ1v) is 7.43. The molecule has 0 radical (unpaired) electrons. The van der Waals surface area contributed by atoms with E-state index in [2.05, 4.69) is 10.3 Å². The third kappa shape index (κ3) is 6.37. The van der Waals surface area contributed by atoms with Crippen LogP contribution in [0.5, 0.6) is 0 Å². The summed E-state index contributed by atoms with van der Waals surface area (Å²) >= 11 is 5.76. The minimum absolute atomic E-state index is 0.0241. The molecule has 0 saturated carbocycles. The fraction of sp³-hybridized carbons (Fsp3) is 0.438. The van der Waals surface area contributed by atoms with E-state index < -0.39 is 11.4 Å². The van der Waals surface area contributed by atoms with Crippen LogP contribution >= 0.6 is 11.6 Å². The number of anilines is 1. The summed E-state index contributed by atoms with van der Waals surface area (Å²) in [7, 11) is 0. The number of aliphatic imine (C=N–C) groups is 1. The highest BCUT2D eigenvalue weighted by molar-refractivity contribution is 6.30. The van der Waals surface area contributed by atoms with E-state index in [1.807, 2.05) is 20.8 Å². The molecule has 0 aliphatic rings. The van der Waals surface area contributed by atoms with Gasteiger partial charge in [-0.25, -0.2) is 9.79 Å². The lowest BCUT2D eigenvalue weighted by Gasteiger charge is -2.21. The molecule has 0 aliphatic heterocycles. The van der Waals surface area contributed by atoms with Crippen molar-refractivity contribution in [3.63, 3.8) is 0 Å². The van der Waals surface area contributed by atoms with E-state index in [9.17, 15) is 9.59 Å². The quantitative estimate of drug-likeness (QED) is 0.772. The molecule has 22 heavy (non-hydrogen) atoms. The second-order valence-corrected chi connectivity index (χ2v) is 5.83. The molecule has 0 saturated heterocycles. The maximum absolute atomic E-state index is 12.0. The van der Waals surface area contributed by atoms with Crippen molar-refractivity contribution in [1.82, 2.24) is 0 Å². The van der Waals surface area contributed by atoms with Gasteiger partial charge in [-0.1, -0.05) is 25.4 Å². The highest BCUT2D eigenvalue weighted by Gasteiger charge is 2.26. The summed E-state index contributed by atoms with van der Waals surface area (Å²) in [5.41, 5.74) is 0.00357. The molecule has 0 fully saturated rings. The van der Waals surface area contributed by atoms with E-state index in [1.54, 1.807) is 24.3 Å². The zero-order chi connectivity index (χ0) is 16.6. The highest BCUT2D eigenvalue weighted by Crippen LogP contribution is 2.18. The van der Waals surface area contributed by atoms with E-state index >= 15 is 0 Å². The number of hydrogen-bond donors (Lipinski definition) is 1.